The molecule has 0 N–H and O–H groups in total. The van der Waals surface area contributed by atoms with Crippen LogP contribution in [0.15, 0.2) is 42.5 Å². The number of likely N-dealkylation sites (tertiary alicyclic amines) is 1. The van der Waals surface area contributed by atoms with Gasteiger partial charge >= 0.3 is 6.09 Å². The highest BCUT2D eigenvalue weighted by molar-refractivity contribution is 7.99. The van der Waals surface area contributed by atoms with E-state index in [0.29, 0.717) is 12.3 Å². The molecule has 0 spiro atoms. The molecule has 0 bridgehead atoms. The van der Waals surface area contributed by atoms with E-state index in [2.05, 4.69) is 36.0 Å². The van der Waals surface area contributed by atoms with Crippen LogP contribution in [0.25, 0.3) is 10.8 Å². The van der Waals surface area contributed by atoms with Crippen molar-refractivity contribution < 1.29 is 14.3 Å². The van der Waals surface area contributed by atoms with Gasteiger partial charge in [-0.25, -0.2) is 4.79 Å². The van der Waals surface area contributed by atoms with Gasteiger partial charge in [-0.2, -0.15) is 11.8 Å². The number of rotatable bonds is 11. The van der Waals surface area contributed by atoms with Crippen molar-refractivity contribution in [1.82, 2.24) is 9.80 Å². The molecule has 1 saturated carbocycles. The summed E-state index contributed by atoms with van der Waals surface area (Å²) in [5.41, 5.74) is 0.598. The summed E-state index contributed by atoms with van der Waals surface area (Å²) in [6, 6.07) is 14.5. The van der Waals surface area contributed by atoms with E-state index in [-0.39, 0.29) is 12.0 Å². The number of piperidine rings is 1. The Morgan fingerprint density at radius 1 is 0.925 bits per heavy atom. The molecule has 6 heteroatoms. The summed E-state index contributed by atoms with van der Waals surface area (Å²) >= 11 is 2.10. The van der Waals surface area contributed by atoms with Crippen LogP contribution in [0.1, 0.15) is 84.1 Å². The average molecular weight is 567 g/mol. The molecule has 0 radical (unpaired) electrons. The highest BCUT2D eigenvalue weighted by atomic mass is 32.2. The Labute approximate surface area is 246 Å². The topological polar surface area (TPSA) is 49.9 Å². The fraction of sp³-hybridized carbons (Fsp3) is 0.647. The zero-order valence-corrected chi connectivity index (χ0v) is 25.9. The maximum absolute atomic E-state index is 13.2. The fourth-order valence-electron chi connectivity index (χ4n) is 6.09. The number of unbranched alkanes of at least 4 members (excludes halogenated alkanes) is 1. The van der Waals surface area contributed by atoms with Crippen molar-refractivity contribution in [3.63, 3.8) is 0 Å². The lowest BCUT2D eigenvalue weighted by molar-refractivity contribution is -0.131. The minimum atomic E-state index is -0.497. The van der Waals surface area contributed by atoms with Gasteiger partial charge in [0.25, 0.3) is 0 Å². The summed E-state index contributed by atoms with van der Waals surface area (Å²) in [4.78, 5) is 30.2. The summed E-state index contributed by atoms with van der Waals surface area (Å²) in [6.45, 7) is 8.79. The van der Waals surface area contributed by atoms with E-state index >= 15 is 0 Å². The molecule has 40 heavy (non-hydrogen) atoms. The molecule has 2 amide bonds. The van der Waals surface area contributed by atoms with E-state index in [1.807, 2.05) is 48.8 Å². The number of amides is 2. The summed E-state index contributed by atoms with van der Waals surface area (Å²) < 4.78 is 5.78. The van der Waals surface area contributed by atoms with Crippen LogP contribution in [0.5, 0.6) is 0 Å². The average Bonchev–Trinajstić information content (AvgIpc) is 2.94. The first-order chi connectivity index (χ1) is 19.3. The second-order valence-electron chi connectivity index (χ2n) is 12.9. The maximum Gasteiger partial charge on any atom is 0.410 e. The van der Waals surface area contributed by atoms with Gasteiger partial charge in [-0.1, -0.05) is 61.7 Å². The summed E-state index contributed by atoms with van der Waals surface area (Å²) in [5.74, 6) is 3.99. The molecule has 2 aromatic carbocycles. The van der Waals surface area contributed by atoms with Crippen LogP contribution in [0.3, 0.4) is 0 Å². The largest absolute Gasteiger partial charge is 0.444 e. The van der Waals surface area contributed by atoms with E-state index in [9.17, 15) is 9.59 Å². The smallest absolute Gasteiger partial charge is 0.410 e. The molecule has 4 rings (SSSR count). The van der Waals surface area contributed by atoms with E-state index in [1.54, 1.807) is 0 Å². The number of hydrogen-bond donors (Lipinski definition) is 0. The molecule has 0 atom stereocenters. The van der Waals surface area contributed by atoms with Gasteiger partial charge in [0.1, 0.15) is 5.60 Å². The summed E-state index contributed by atoms with van der Waals surface area (Å²) in [7, 11) is 0. The van der Waals surface area contributed by atoms with Crippen LogP contribution in [0, 0.1) is 11.8 Å². The molecule has 2 fully saturated rings. The molecule has 220 valence electrons. The van der Waals surface area contributed by atoms with Gasteiger partial charge in [-0.3, -0.25) is 4.79 Å². The van der Waals surface area contributed by atoms with Gasteiger partial charge in [0.05, 0.1) is 6.42 Å². The van der Waals surface area contributed by atoms with Crippen LogP contribution in [0.4, 0.5) is 4.79 Å². The third kappa shape index (κ3) is 9.71. The monoisotopic (exact) mass is 566 g/mol. The second kappa shape index (κ2) is 15.1. The van der Waals surface area contributed by atoms with Crippen molar-refractivity contribution in [2.75, 3.05) is 37.7 Å². The highest BCUT2D eigenvalue weighted by Crippen LogP contribution is 2.27. The molecule has 1 aliphatic carbocycles. The van der Waals surface area contributed by atoms with Gasteiger partial charge in [-0.15, -0.1) is 0 Å². The number of hydrogen-bond acceptors (Lipinski definition) is 4. The van der Waals surface area contributed by atoms with Crippen molar-refractivity contribution in [3.8, 4) is 0 Å². The number of ether oxygens (including phenoxy) is 1. The van der Waals surface area contributed by atoms with E-state index in [1.165, 1.54) is 49.0 Å². The highest BCUT2D eigenvalue weighted by Gasteiger charge is 2.28. The molecule has 2 aromatic rings. The van der Waals surface area contributed by atoms with Gasteiger partial charge in [-0.05, 0) is 99.0 Å². The molecular weight excluding hydrogens is 516 g/mol. The first-order valence-electron chi connectivity index (χ1n) is 15.6. The van der Waals surface area contributed by atoms with E-state index in [4.69, 9.17) is 4.74 Å². The van der Waals surface area contributed by atoms with Crippen molar-refractivity contribution in [1.29, 1.82) is 0 Å². The lowest BCUT2D eigenvalue weighted by Gasteiger charge is -2.35. The number of benzene rings is 2. The number of carbonyl (C=O) groups is 2. The molecule has 0 aromatic heterocycles. The molecule has 5 nitrogen and oxygen atoms in total. The van der Waals surface area contributed by atoms with Crippen LogP contribution in [0.2, 0.25) is 0 Å². The number of nitrogens with zero attached hydrogens (tertiary/aromatic N) is 2. The molecular formula is C34H50N2O3S. The van der Waals surface area contributed by atoms with Gasteiger partial charge < -0.3 is 14.5 Å². The Balaban J connectivity index is 1.22. The quantitative estimate of drug-likeness (QED) is 0.259. The normalized spacial score (nSPS) is 17.2. The van der Waals surface area contributed by atoms with E-state index < -0.39 is 5.60 Å². The molecule has 1 heterocycles. The first-order valence-corrected chi connectivity index (χ1v) is 16.7. The number of fused-ring (bicyclic) bond motifs is 1. The zero-order valence-electron chi connectivity index (χ0n) is 25.0. The number of carbonyl (C=O) groups excluding carboxylic acids is 2. The van der Waals surface area contributed by atoms with E-state index in [0.717, 1.165) is 68.7 Å². The van der Waals surface area contributed by atoms with Crippen LogP contribution in [-0.2, 0) is 16.0 Å². The van der Waals surface area contributed by atoms with Crippen molar-refractivity contribution in [2.45, 2.75) is 90.6 Å². The van der Waals surface area contributed by atoms with Crippen molar-refractivity contribution in [2.24, 2.45) is 11.8 Å². The Kier molecular flexibility index (Phi) is 11.6. The lowest BCUT2D eigenvalue weighted by Crippen LogP contribution is -2.44. The van der Waals surface area contributed by atoms with Gasteiger partial charge in [0.15, 0.2) is 0 Å². The lowest BCUT2D eigenvalue weighted by atomic mass is 9.91. The molecule has 1 saturated heterocycles. The second-order valence-corrected chi connectivity index (χ2v) is 14.0. The minimum absolute atomic E-state index is 0.197. The van der Waals surface area contributed by atoms with Crippen molar-refractivity contribution in [3.05, 3.63) is 48.0 Å². The molecule has 1 aliphatic heterocycles. The van der Waals surface area contributed by atoms with Gasteiger partial charge in [0, 0.05) is 26.2 Å². The standard InChI is InChI=1S/C34H50N2O3S/c1-34(2,3)39-33(38)36(20-9-10-23-40-26-28-12-5-4-6-13-28)25-27-18-21-35(22-19-27)32(37)24-30-16-11-15-29-14-7-8-17-31(29)30/h7-8,11,14-17,27-28H,4-6,9-10,12-13,18-26H2,1-3H3. The Morgan fingerprint density at radius 3 is 2.40 bits per heavy atom. The molecule has 0 unspecified atom stereocenters. The predicted octanol–water partition coefficient (Wildman–Crippen LogP) is 7.95. The summed E-state index contributed by atoms with van der Waals surface area (Å²) in [5, 5.41) is 2.34. The van der Waals surface area contributed by atoms with Gasteiger partial charge in [0.2, 0.25) is 5.91 Å². The first kappa shape index (κ1) is 30.7. The zero-order chi connectivity index (χ0) is 28.4. The Hall–Kier alpha value is -2.21. The van der Waals surface area contributed by atoms with Crippen LogP contribution in [-0.4, -0.2) is 65.1 Å². The van der Waals surface area contributed by atoms with Crippen LogP contribution >= 0.6 is 11.8 Å². The number of thioether (sulfide) groups is 1. The fourth-order valence-corrected chi connectivity index (χ4v) is 7.33. The third-order valence-corrected chi connectivity index (χ3v) is 9.65. The SMILES string of the molecule is CC(C)(C)OC(=O)N(CCCCSCC1CCCCC1)CC1CCN(C(=O)Cc2cccc3ccccc23)CC1. The van der Waals surface area contributed by atoms with Crippen LogP contribution < -0.4 is 0 Å². The Morgan fingerprint density at radius 2 is 1.65 bits per heavy atom. The maximum atomic E-state index is 13.2. The van der Waals surface area contributed by atoms with Crippen molar-refractivity contribution >= 4 is 34.5 Å². The third-order valence-electron chi connectivity index (χ3n) is 8.36. The predicted molar refractivity (Wildman–Crippen MR) is 168 cm³/mol. The minimum Gasteiger partial charge on any atom is -0.444 e. The Bertz CT molecular complexity index is 1080. The summed E-state index contributed by atoms with van der Waals surface area (Å²) in [6.07, 6.45) is 11.3. The molecule has 2 aliphatic rings.